The fourth-order valence-electron chi connectivity index (χ4n) is 1.41. The molecule has 5 heteroatoms. The van der Waals surface area contributed by atoms with Gasteiger partial charge in [-0.3, -0.25) is 0 Å². The van der Waals surface area contributed by atoms with Crippen LogP contribution in [0.3, 0.4) is 0 Å². The van der Waals surface area contributed by atoms with Gasteiger partial charge >= 0.3 is 5.97 Å². The number of hydrogen-bond donors (Lipinski definition) is 0. The third-order valence-electron chi connectivity index (χ3n) is 2.31. The Morgan fingerprint density at radius 3 is 2.63 bits per heavy atom. The zero-order valence-electron chi connectivity index (χ0n) is 11.7. The van der Waals surface area contributed by atoms with Gasteiger partial charge in [0.25, 0.3) is 0 Å². The first-order valence-corrected chi connectivity index (χ1v) is 7.39. The molecule has 0 fully saturated rings. The number of esters is 1. The van der Waals surface area contributed by atoms with E-state index in [1.165, 1.54) is 23.9 Å². The summed E-state index contributed by atoms with van der Waals surface area (Å²) in [4.78, 5) is 12.1. The summed E-state index contributed by atoms with van der Waals surface area (Å²) in [6.07, 6.45) is 1.75. The summed E-state index contributed by atoms with van der Waals surface area (Å²) in [5.74, 6) is -0.514. The number of carbonyl (C=O) groups excluding carboxylic acids is 1. The number of hydrogen-bond acceptors (Lipinski definition) is 4. The van der Waals surface area contributed by atoms with Crippen molar-refractivity contribution < 1.29 is 18.7 Å². The van der Waals surface area contributed by atoms with E-state index in [-0.39, 0.29) is 18.3 Å². The van der Waals surface area contributed by atoms with Crippen LogP contribution in [0.4, 0.5) is 4.39 Å². The van der Waals surface area contributed by atoms with Gasteiger partial charge in [-0.2, -0.15) is 0 Å². The Hall–Kier alpha value is -1.23. The molecule has 0 bridgehead atoms. The molecule has 0 radical (unpaired) electrons. The lowest BCUT2D eigenvalue weighted by Crippen LogP contribution is -2.09. The summed E-state index contributed by atoms with van der Waals surface area (Å²) in [5, 5.41) is 0. The van der Waals surface area contributed by atoms with E-state index in [1.54, 1.807) is 13.2 Å². The molecule has 0 saturated heterocycles. The summed E-state index contributed by atoms with van der Waals surface area (Å²) in [5.41, 5.74) is 0.311. The number of rotatable bonds is 6. The van der Waals surface area contributed by atoms with Crippen molar-refractivity contribution in [2.75, 3.05) is 19.5 Å². The topological polar surface area (TPSA) is 35.5 Å². The largest absolute Gasteiger partial charge is 0.490 e. The molecule has 1 aromatic rings. The standard InChI is InChI=1S/C14H19FO3S/c1-5-17-14(16)10-6-11(18-8-9(2)3)13(15)12(7-10)19-4/h6-7,9H,5,8H2,1-4H3. The summed E-state index contributed by atoms with van der Waals surface area (Å²) >= 11 is 1.23. The quantitative estimate of drug-likeness (QED) is 0.589. The molecule has 0 aliphatic heterocycles. The summed E-state index contributed by atoms with van der Waals surface area (Å²) in [7, 11) is 0. The van der Waals surface area contributed by atoms with Crippen LogP contribution < -0.4 is 4.74 Å². The van der Waals surface area contributed by atoms with Crippen molar-refractivity contribution >= 4 is 17.7 Å². The van der Waals surface area contributed by atoms with Crippen LogP contribution in [0.15, 0.2) is 17.0 Å². The Morgan fingerprint density at radius 1 is 1.42 bits per heavy atom. The van der Waals surface area contributed by atoms with E-state index in [9.17, 15) is 9.18 Å². The second-order valence-electron chi connectivity index (χ2n) is 4.42. The predicted molar refractivity (Wildman–Crippen MR) is 74.5 cm³/mol. The predicted octanol–water partition coefficient (Wildman–Crippen LogP) is 3.76. The molecular formula is C14H19FO3S. The SMILES string of the molecule is CCOC(=O)c1cc(OCC(C)C)c(F)c(SC)c1. The molecule has 0 N–H and O–H groups in total. The summed E-state index contributed by atoms with van der Waals surface area (Å²) in [6.45, 7) is 6.36. The van der Waals surface area contributed by atoms with Crippen molar-refractivity contribution in [1.82, 2.24) is 0 Å². The van der Waals surface area contributed by atoms with Crippen LogP contribution in [0.2, 0.25) is 0 Å². The Morgan fingerprint density at radius 2 is 2.11 bits per heavy atom. The van der Waals surface area contributed by atoms with E-state index in [2.05, 4.69) is 0 Å². The van der Waals surface area contributed by atoms with Crippen LogP contribution in [0.1, 0.15) is 31.1 Å². The summed E-state index contributed by atoms with van der Waals surface area (Å²) < 4.78 is 24.4. The highest BCUT2D eigenvalue weighted by Gasteiger charge is 2.16. The van der Waals surface area contributed by atoms with Crippen molar-refractivity contribution in [2.24, 2.45) is 5.92 Å². The molecule has 1 aromatic carbocycles. The van der Waals surface area contributed by atoms with Gasteiger partial charge in [0.05, 0.1) is 18.8 Å². The lowest BCUT2D eigenvalue weighted by molar-refractivity contribution is 0.0525. The Balaban J connectivity index is 3.07. The first kappa shape index (κ1) is 15.8. The van der Waals surface area contributed by atoms with E-state index in [0.717, 1.165) is 0 Å². The van der Waals surface area contributed by atoms with Gasteiger partial charge in [0.2, 0.25) is 0 Å². The summed E-state index contributed by atoms with van der Waals surface area (Å²) in [6, 6.07) is 2.88. The van der Waals surface area contributed by atoms with Crippen LogP contribution in [0.5, 0.6) is 5.75 Å². The molecule has 19 heavy (non-hydrogen) atoms. The highest BCUT2D eigenvalue weighted by molar-refractivity contribution is 7.98. The van der Waals surface area contributed by atoms with Crippen molar-refractivity contribution in [3.8, 4) is 5.75 Å². The number of carbonyl (C=O) groups is 1. The lowest BCUT2D eigenvalue weighted by atomic mass is 10.2. The third-order valence-corrected chi connectivity index (χ3v) is 3.05. The first-order valence-electron chi connectivity index (χ1n) is 6.17. The maximum absolute atomic E-state index is 14.1. The van der Waals surface area contributed by atoms with E-state index >= 15 is 0 Å². The van der Waals surface area contributed by atoms with Gasteiger partial charge in [-0.15, -0.1) is 11.8 Å². The molecule has 0 unspecified atom stereocenters. The second kappa shape index (κ2) is 7.38. The van der Waals surface area contributed by atoms with Crippen molar-refractivity contribution in [3.05, 3.63) is 23.5 Å². The van der Waals surface area contributed by atoms with E-state index < -0.39 is 11.8 Å². The average molecular weight is 286 g/mol. The van der Waals surface area contributed by atoms with Crippen molar-refractivity contribution in [1.29, 1.82) is 0 Å². The molecule has 106 valence electrons. The first-order chi connectivity index (χ1) is 8.99. The zero-order valence-corrected chi connectivity index (χ0v) is 12.5. The molecule has 0 atom stereocenters. The molecule has 0 amide bonds. The highest BCUT2D eigenvalue weighted by Crippen LogP contribution is 2.29. The monoisotopic (exact) mass is 286 g/mol. The maximum atomic E-state index is 14.1. The average Bonchev–Trinajstić information content (AvgIpc) is 2.37. The van der Waals surface area contributed by atoms with Gasteiger partial charge in [-0.1, -0.05) is 13.8 Å². The lowest BCUT2D eigenvalue weighted by Gasteiger charge is -2.13. The van der Waals surface area contributed by atoms with Crippen molar-refractivity contribution in [3.63, 3.8) is 0 Å². The molecule has 0 saturated carbocycles. The Bertz CT molecular complexity index is 447. The maximum Gasteiger partial charge on any atom is 0.338 e. The van der Waals surface area contributed by atoms with E-state index in [0.29, 0.717) is 17.1 Å². The fraction of sp³-hybridized carbons (Fsp3) is 0.500. The van der Waals surface area contributed by atoms with Crippen LogP contribution in [-0.4, -0.2) is 25.4 Å². The van der Waals surface area contributed by atoms with Gasteiger partial charge in [0.15, 0.2) is 11.6 Å². The minimum absolute atomic E-state index is 0.101. The van der Waals surface area contributed by atoms with Crippen LogP contribution >= 0.6 is 11.8 Å². The number of thioether (sulfide) groups is 1. The number of benzene rings is 1. The van der Waals surface area contributed by atoms with Gasteiger partial charge in [0.1, 0.15) is 0 Å². The van der Waals surface area contributed by atoms with Gasteiger partial charge < -0.3 is 9.47 Å². The van der Waals surface area contributed by atoms with Crippen LogP contribution in [0.25, 0.3) is 0 Å². The van der Waals surface area contributed by atoms with Crippen LogP contribution in [-0.2, 0) is 4.74 Å². The highest BCUT2D eigenvalue weighted by atomic mass is 32.2. The molecule has 0 aliphatic rings. The Kier molecular flexibility index (Phi) is 6.15. The molecular weight excluding hydrogens is 267 g/mol. The molecule has 0 aliphatic carbocycles. The third kappa shape index (κ3) is 4.42. The smallest absolute Gasteiger partial charge is 0.338 e. The fourth-order valence-corrected chi connectivity index (χ4v) is 1.94. The Labute approximate surface area is 117 Å². The number of ether oxygens (including phenoxy) is 2. The van der Waals surface area contributed by atoms with Gasteiger partial charge in [0, 0.05) is 4.90 Å². The van der Waals surface area contributed by atoms with Crippen LogP contribution in [0, 0.1) is 11.7 Å². The molecule has 3 nitrogen and oxygen atoms in total. The minimum Gasteiger partial charge on any atom is -0.490 e. The zero-order chi connectivity index (χ0) is 14.4. The molecule has 1 rings (SSSR count). The molecule has 0 heterocycles. The second-order valence-corrected chi connectivity index (χ2v) is 5.26. The van der Waals surface area contributed by atoms with E-state index in [1.807, 2.05) is 13.8 Å². The number of halogens is 1. The van der Waals surface area contributed by atoms with E-state index in [4.69, 9.17) is 9.47 Å². The molecule has 0 aromatic heterocycles. The van der Waals surface area contributed by atoms with Gasteiger partial charge in [-0.25, -0.2) is 9.18 Å². The van der Waals surface area contributed by atoms with Gasteiger partial charge in [-0.05, 0) is 31.2 Å². The minimum atomic E-state index is -0.466. The van der Waals surface area contributed by atoms with Crippen molar-refractivity contribution in [2.45, 2.75) is 25.7 Å². The normalized spacial score (nSPS) is 10.6. The molecule has 0 spiro atoms.